The SMILES string of the molecule is CCCCCC(C)NC(=O)c1sccc1C. The van der Waals surface area contributed by atoms with Crippen LogP contribution >= 0.6 is 11.3 Å². The molecule has 0 saturated heterocycles. The van der Waals surface area contributed by atoms with E-state index in [-0.39, 0.29) is 11.9 Å². The topological polar surface area (TPSA) is 29.1 Å². The van der Waals surface area contributed by atoms with E-state index in [0.29, 0.717) is 0 Å². The molecular formula is C13H21NOS. The van der Waals surface area contributed by atoms with Crippen molar-refractivity contribution in [2.45, 2.75) is 52.5 Å². The van der Waals surface area contributed by atoms with Gasteiger partial charge in [-0.2, -0.15) is 0 Å². The molecule has 0 aliphatic heterocycles. The number of carbonyl (C=O) groups is 1. The first-order valence-electron chi connectivity index (χ1n) is 6.00. The second-order valence-electron chi connectivity index (χ2n) is 4.30. The van der Waals surface area contributed by atoms with Gasteiger partial charge in [0.05, 0.1) is 4.88 Å². The lowest BCUT2D eigenvalue weighted by Gasteiger charge is -2.13. The largest absolute Gasteiger partial charge is 0.349 e. The first kappa shape index (κ1) is 13.2. The molecule has 0 saturated carbocycles. The molecule has 2 nitrogen and oxygen atoms in total. The third-order valence-electron chi connectivity index (χ3n) is 2.69. The predicted molar refractivity (Wildman–Crippen MR) is 70.1 cm³/mol. The van der Waals surface area contributed by atoms with Crippen molar-refractivity contribution < 1.29 is 4.79 Å². The number of unbranched alkanes of at least 4 members (excludes halogenated alkanes) is 2. The average Bonchev–Trinajstić information content (AvgIpc) is 2.65. The lowest BCUT2D eigenvalue weighted by Crippen LogP contribution is -2.32. The highest BCUT2D eigenvalue weighted by Gasteiger charge is 2.12. The van der Waals surface area contributed by atoms with Gasteiger partial charge in [0.15, 0.2) is 0 Å². The van der Waals surface area contributed by atoms with E-state index in [4.69, 9.17) is 0 Å². The molecule has 0 fully saturated rings. The van der Waals surface area contributed by atoms with Crippen molar-refractivity contribution >= 4 is 17.2 Å². The molecule has 0 aliphatic carbocycles. The van der Waals surface area contributed by atoms with Gasteiger partial charge in [-0.05, 0) is 37.3 Å². The normalized spacial score (nSPS) is 12.4. The Morgan fingerprint density at radius 2 is 2.25 bits per heavy atom. The maximum atomic E-state index is 11.9. The first-order valence-corrected chi connectivity index (χ1v) is 6.88. The van der Waals surface area contributed by atoms with Gasteiger partial charge in [-0.15, -0.1) is 11.3 Å². The van der Waals surface area contributed by atoms with Crippen molar-refractivity contribution in [1.82, 2.24) is 5.32 Å². The minimum absolute atomic E-state index is 0.0801. The summed E-state index contributed by atoms with van der Waals surface area (Å²) in [5.74, 6) is 0.0801. The fraction of sp³-hybridized carbons (Fsp3) is 0.615. The van der Waals surface area contributed by atoms with E-state index in [2.05, 4.69) is 19.2 Å². The molecule has 0 spiro atoms. The summed E-state index contributed by atoms with van der Waals surface area (Å²) in [7, 11) is 0. The van der Waals surface area contributed by atoms with Crippen LogP contribution in [0, 0.1) is 6.92 Å². The van der Waals surface area contributed by atoms with E-state index < -0.39 is 0 Å². The lowest BCUT2D eigenvalue weighted by molar-refractivity contribution is 0.0941. The summed E-state index contributed by atoms with van der Waals surface area (Å²) in [4.78, 5) is 12.7. The molecule has 1 aromatic heterocycles. The van der Waals surface area contributed by atoms with Crippen LogP contribution < -0.4 is 5.32 Å². The van der Waals surface area contributed by atoms with Gasteiger partial charge in [-0.25, -0.2) is 0 Å². The summed E-state index contributed by atoms with van der Waals surface area (Å²) < 4.78 is 0. The molecule has 16 heavy (non-hydrogen) atoms. The number of hydrogen-bond donors (Lipinski definition) is 1. The number of aryl methyl sites for hydroxylation is 1. The second kappa shape index (κ2) is 6.69. The molecule has 1 unspecified atom stereocenters. The minimum Gasteiger partial charge on any atom is -0.349 e. The van der Waals surface area contributed by atoms with Gasteiger partial charge >= 0.3 is 0 Å². The Balaban J connectivity index is 2.37. The number of thiophene rings is 1. The fourth-order valence-electron chi connectivity index (χ4n) is 1.67. The smallest absolute Gasteiger partial charge is 0.261 e. The molecule has 1 amide bonds. The summed E-state index contributed by atoms with van der Waals surface area (Å²) in [6, 6.07) is 2.27. The summed E-state index contributed by atoms with van der Waals surface area (Å²) in [6.07, 6.45) is 4.74. The molecular weight excluding hydrogens is 218 g/mol. The van der Waals surface area contributed by atoms with Gasteiger partial charge in [0.2, 0.25) is 0 Å². The summed E-state index contributed by atoms with van der Waals surface area (Å²) in [5, 5.41) is 5.02. The zero-order valence-electron chi connectivity index (χ0n) is 10.4. The van der Waals surface area contributed by atoms with Crippen molar-refractivity contribution in [1.29, 1.82) is 0 Å². The standard InChI is InChI=1S/C13H21NOS/c1-4-5-6-7-11(3)14-13(15)12-10(2)8-9-16-12/h8-9,11H,4-7H2,1-3H3,(H,14,15). The van der Waals surface area contributed by atoms with Crippen molar-refractivity contribution in [3.8, 4) is 0 Å². The van der Waals surface area contributed by atoms with Gasteiger partial charge in [-0.3, -0.25) is 4.79 Å². The number of amides is 1. The van der Waals surface area contributed by atoms with Gasteiger partial charge in [0.25, 0.3) is 5.91 Å². The Labute approximate surface area is 102 Å². The van der Waals surface area contributed by atoms with Crippen molar-refractivity contribution in [2.24, 2.45) is 0 Å². The highest BCUT2D eigenvalue weighted by atomic mass is 32.1. The number of nitrogens with one attached hydrogen (secondary N) is 1. The average molecular weight is 239 g/mol. The maximum Gasteiger partial charge on any atom is 0.261 e. The molecule has 90 valence electrons. The molecule has 1 N–H and O–H groups in total. The van der Waals surface area contributed by atoms with Crippen LogP contribution in [0.4, 0.5) is 0 Å². The number of carbonyl (C=O) groups excluding carboxylic acids is 1. The van der Waals surface area contributed by atoms with Crippen LogP contribution in [0.1, 0.15) is 54.8 Å². The highest BCUT2D eigenvalue weighted by molar-refractivity contribution is 7.12. The first-order chi connectivity index (χ1) is 7.65. The summed E-state index contributed by atoms with van der Waals surface area (Å²) in [5.41, 5.74) is 1.07. The summed E-state index contributed by atoms with van der Waals surface area (Å²) in [6.45, 7) is 6.25. The summed E-state index contributed by atoms with van der Waals surface area (Å²) >= 11 is 1.52. The van der Waals surface area contributed by atoms with Crippen LogP contribution in [-0.2, 0) is 0 Å². The molecule has 0 aromatic carbocycles. The van der Waals surface area contributed by atoms with Crippen LogP contribution in [-0.4, -0.2) is 11.9 Å². The Kier molecular flexibility index (Phi) is 5.53. The number of hydrogen-bond acceptors (Lipinski definition) is 2. The molecule has 3 heteroatoms. The van der Waals surface area contributed by atoms with Crippen molar-refractivity contribution in [3.05, 3.63) is 21.9 Å². The lowest BCUT2D eigenvalue weighted by atomic mass is 10.1. The van der Waals surface area contributed by atoms with E-state index >= 15 is 0 Å². The predicted octanol–water partition coefficient (Wildman–Crippen LogP) is 3.76. The van der Waals surface area contributed by atoms with E-state index in [9.17, 15) is 4.79 Å². The van der Waals surface area contributed by atoms with Gasteiger partial charge < -0.3 is 5.32 Å². The Morgan fingerprint density at radius 1 is 1.50 bits per heavy atom. The van der Waals surface area contributed by atoms with Crippen LogP contribution in [0.3, 0.4) is 0 Å². The van der Waals surface area contributed by atoms with Crippen LogP contribution in [0.2, 0.25) is 0 Å². The van der Waals surface area contributed by atoms with Crippen LogP contribution in [0.5, 0.6) is 0 Å². The molecule has 1 rings (SSSR count). The van der Waals surface area contributed by atoms with E-state index in [0.717, 1.165) is 16.9 Å². The van der Waals surface area contributed by atoms with Gasteiger partial charge in [0.1, 0.15) is 0 Å². The Morgan fingerprint density at radius 3 is 2.81 bits per heavy atom. The van der Waals surface area contributed by atoms with Gasteiger partial charge in [-0.1, -0.05) is 26.2 Å². The quantitative estimate of drug-likeness (QED) is 0.752. The zero-order chi connectivity index (χ0) is 12.0. The molecule has 0 aliphatic rings. The fourth-order valence-corrected chi connectivity index (χ4v) is 2.50. The molecule has 0 bridgehead atoms. The monoisotopic (exact) mass is 239 g/mol. The van der Waals surface area contributed by atoms with Crippen molar-refractivity contribution in [3.63, 3.8) is 0 Å². The molecule has 0 radical (unpaired) electrons. The Bertz CT molecular complexity index is 332. The minimum atomic E-state index is 0.0801. The third kappa shape index (κ3) is 3.97. The molecule has 1 atom stereocenters. The Hall–Kier alpha value is -0.830. The van der Waals surface area contributed by atoms with E-state index in [1.165, 1.54) is 30.6 Å². The second-order valence-corrected chi connectivity index (χ2v) is 5.22. The van der Waals surface area contributed by atoms with Gasteiger partial charge in [0, 0.05) is 6.04 Å². The molecule has 1 aromatic rings. The van der Waals surface area contributed by atoms with E-state index in [1.807, 2.05) is 18.4 Å². The van der Waals surface area contributed by atoms with Crippen LogP contribution in [0.25, 0.3) is 0 Å². The molecule has 1 heterocycles. The van der Waals surface area contributed by atoms with Crippen LogP contribution in [0.15, 0.2) is 11.4 Å². The number of rotatable bonds is 6. The van der Waals surface area contributed by atoms with E-state index in [1.54, 1.807) is 0 Å². The maximum absolute atomic E-state index is 11.9. The van der Waals surface area contributed by atoms with Crippen molar-refractivity contribution in [2.75, 3.05) is 0 Å². The third-order valence-corrected chi connectivity index (χ3v) is 3.70. The highest BCUT2D eigenvalue weighted by Crippen LogP contribution is 2.15. The zero-order valence-corrected chi connectivity index (χ0v) is 11.2.